The summed E-state index contributed by atoms with van der Waals surface area (Å²) < 4.78 is 17.1. The van der Waals surface area contributed by atoms with E-state index in [0.29, 0.717) is 36.1 Å². The molecule has 7 nitrogen and oxygen atoms in total. The van der Waals surface area contributed by atoms with Gasteiger partial charge in [-0.25, -0.2) is 0 Å². The van der Waals surface area contributed by atoms with Crippen LogP contribution < -0.4 is 14.8 Å². The van der Waals surface area contributed by atoms with Crippen LogP contribution in [0, 0.1) is 5.92 Å². The molecule has 2 aromatic rings. The molecule has 1 N–H and O–H groups in total. The van der Waals surface area contributed by atoms with Gasteiger partial charge in [-0.15, -0.1) is 0 Å². The number of benzene rings is 2. The number of carbonyl (C=O) groups excluding carboxylic acids is 2. The maximum absolute atomic E-state index is 13.5. The molecular weight excluding hydrogens is 456 g/mol. The molecule has 2 aliphatic heterocycles. The van der Waals surface area contributed by atoms with Gasteiger partial charge in [0.1, 0.15) is 12.6 Å². The Labute approximate surface area is 213 Å². The largest absolute Gasteiger partial charge is 0.493 e. The highest BCUT2D eigenvalue weighted by Crippen LogP contribution is 2.40. The van der Waals surface area contributed by atoms with Gasteiger partial charge in [0.2, 0.25) is 5.91 Å². The lowest BCUT2D eigenvalue weighted by molar-refractivity contribution is -0.125. The number of amides is 2. The van der Waals surface area contributed by atoms with Crippen LogP contribution in [0.4, 0.5) is 0 Å². The van der Waals surface area contributed by atoms with E-state index < -0.39 is 6.04 Å². The second-order valence-corrected chi connectivity index (χ2v) is 10.1. The van der Waals surface area contributed by atoms with E-state index in [0.717, 1.165) is 50.7 Å². The summed E-state index contributed by atoms with van der Waals surface area (Å²) in [5.41, 5.74) is 1.56. The zero-order valence-corrected chi connectivity index (χ0v) is 21.0. The topological polar surface area (TPSA) is 77.1 Å². The Balaban J connectivity index is 1.25. The number of nitrogens with zero attached hydrogens (tertiary/aromatic N) is 1. The number of hydrogen-bond acceptors (Lipinski definition) is 5. The molecule has 3 aliphatic rings. The van der Waals surface area contributed by atoms with E-state index in [4.69, 9.17) is 14.2 Å². The van der Waals surface area contributed by atoms with Crippen LogP contribution in [-0.4, -0.2) is 55.2 Å². The Morgan fingerprint density at radius 2 is 1.86 bits per heavy atom. The van der Waals surface area contributed by atoms with Crippen molar-refractivity contribution in [3.63, 3.8) is 0 Å². The predicted molar refractivity (Wildman–Crippen MR) is 136 cm³/mol. The molecule has 0 spiro atoms. The highest BCUT2D eigenvalue weighted by atomic mass is 16.5. The maximum Gasteiger partial charge on any atom is 0.254 e. The fourth-order valence-corrected chi connectivity index (χ4v) is 5.92. The van der Waals surface area contributed by atoms with Crippen molar-refractivity contribution in [2.24, 2.45) is 5.92 Å². The van der Waals surface area contributed by atoms with Crippen molar-refractivity contribution < 1.29 is 23.8 Å². The maximum atomic E-state index is 13.5. The number of nitrogens with one attached hydrogen (secondary N) is 1. The molecule has 7 heteroatoms. The third-order valence-electron chi connectivity index (χ3n) is 7.79. The average Bonchev–Trinajstić information content (AvgIpc) is 3.59. The Bertz CT molecular complexity index is 1050. The molecule has 1 saturated carbocycles. The molecule has 0 aromatic heterocycles. The van der Waals surface area contributed by atoms with Gasteiger partial charge in [-0.3, -0.25) is 9.59 Å². The molecule has 2 aromatic carbocycles. The molecule has 2 heterocycles. The van der Waals surface area contributed by atoms with Crippen LogP contribution in [-0.2, 0) is 16.1 Å². The summed E-state index contributed by atoms with van der Waals surface area (Å²) in [5.74, 6) is 1.56. The Morgan fingerprint density at radius 3 is 2.64 bits per heavy atom. The second-order valence-electron chi connectivity index (χ2n) is 10.1. The van der Waals surface area contributed by atoms with E-state index in [9.17, 15) is 9.59 Å². The smallest absolute Gasteiger partial charge is 0.254 e. The number of methoxy groups -OCH3 is 1. The highest BCUT2D eigenvalue weighted by Gasteiger charge is 2.47. The minimum absolute atomic E-state index is 0.0421. The van der Waals surface area contributed by atoms with E-state index in [1.54, 1.807) is 7.11 Å². The summed E-state index contributed by atoms with van der Waals surface area (Å²) in [6.07, 6.45) is 7.27. The average molecular weight is 493 g/mol. The fourth-order valence-electron chi connectivity index (χ4n) is 5.92. The second kappa shape index (κ2) is 11.3. The predicted octanol–water partition coefficient (Wildman–Crippen LogP) is 4.34. The summed E-state index contributed by atoms with van der Waals surface area (Å²) >= 11 is 0. The van der Waals surface area contributed by atoms with Gasteiger partial charge < -0.3 is 24.4 Å². The fraction of sp³-hybridized carbons (Fsp3) is 0.517. The van der Waals surface area contributed by atoms with E-state index in [1.807, 2.05) is 53.4 Å². The monoisotopic (exact) mass is 492 g/mol. The van der Waals surface area contributed by atoms with Crippen molar-refractivity contribution in [3.8, 4) is 11.5 Å². The Hall–Kier alpha value is -3.06. The van der Waals surface area contributed by atoms with E-state index in [1.165, 1.54) is 6.42 Å². The van der Waals surface area contributed by atoms with Crippen LogP contribution in [0.15, 0.2) is 48.5 Å². The van der Waals surface area contributed by atoms with Gasteiger partial charge in [-0.2, -0.15) is 0 Å². The minimum Gasteiger partial charge on any atom is -0.493 e. The number of likely N-dealkylation sites (tertiary alicyclic amines) is 1. The molecule has 36 heavy (non-hydrogen) atoms. The summed E-state index contributed by atoms with van der Waals surface area (Å²) in [6.45, 7) is 1.66. The van der Waals surface area contributed by atoms with Crippen LogP contribution in [0.5, 0.6) is 11.5 Å². The van der Waals surface area contributed by atoms with Crippen molar-refractivity contribution in [1.82, 2.24) is 10.2 Å². The standard InChI is InChI=1S/C29H36N2O5/c1-34-27-16-20(13-14-26(27)36-19-23-11-7-15-35-23)18-30-28(32)25-17-22-10-5-6-12-24(22)31(25)29(33)21-8-3-2-4-9-21/h2-4,8-9,13-14,16,22-25H,5-7,10-12,15,17-19H2,1H3,(H,30,32). The van der Waals surface area contributed by atoms with Crippen molar-refractivity contribution in [1.29, 1.82) is 0 Å². The molecule has 4 atom stereocenters. The van der Waals surface area contributed by atoms with Gasteiger partial charge in [-0.05, 0) is 67.9 Å². The van der Waals surface area contributed by atoms with Crippen molar-refractivity contribution in [2.75, 3.05) is 20.3 Å². The molecular formula is C29H36N2O5. The normalized spacial score (nSPS) is 25.3. The van der Waals surface area contributed by atoms with Crippen LogP contribution in [0.3, 0.4) is 0 Å². The molecule has 0 radical (unpaired) electrons. The van der Waals surface area contributed by atoms with Crippen LogP contribution >= 0.6 is 0 Å². The molecule has 2 amide bonds. The van der Waals surface area contributed by atoms with Crippen molar-refractivity contribution in [3.05, 3.63) is 59.7 Å². The number of ether oxygens (including phenoxy) is 3. The van der Waals surface area contributed by atoms with E-state index >= 15 is 0 Å². The summed E-state index contributed by atoms with van der Waals surface area (Å²) in [7, 11) is 1.62. The molecule has 4 unspecified atom stereocenters. The van der Waals surface area contributed by atoms with Gasteiger partial charge >= 0.3 is 0 Å². The highest BCUT2D eigenvalue weighted by molar-refractivity contribution is 5.98. The van der Waals surface area contributed by atoms with Crippen molar-refractivity contribution >= 4 is 11.8 Å². The van der Waals surface area contributed by atoms with Gasteiger partial charge in [0.05, 0.1) is 13.2 Å². The van der Waals surface area contributed by atoms with Gasteiger partial charge in [0.15, 0.2) is 11.5 Å². The Morgan fingerprint density at radius 1 is 1.03 bits per heavy atom. The SMILES string of the molecule is COc1cc(CNC(=O)C2CC3CCCCC3N2C(=O)c2ccccc2)ccc1OCC1CCCO1. The lowest BCUT2D eigenvalue weighted by Gasteiger charge is -2.33. The first kappa shape index (κ1) is 24.6. The number of fused-ring (bicyclic) bond motifs is 1. The molecule has 0 bridgehead atoms. The third-order valence-corrected chi connectivity index (χ3v) is 7.79. The lowest BCUT2D eigenvalue weighted by Crippen LogP contribution is -2.49. The third kappa shape index (κ3) is 5.36. The van der Waals surface area contributed by atoms with Crippen LogP contribution in [0.2, 0.25) is 0 Å². The van der Waals surface area contributed by atoms with Crippen LogP contribution in [0.25, 0.3) is 0 Å². The zero-order chi connectivity index (χ0) is 24.9. The van der Waals surface area contributed by atoms with Gasteiger partial charge in [0, 0.05) is 24.8 Å². The first-order chi connectivity index (χ1) is 17.6. The Kier molecular flexibility index (Phi) is 7.75. The molecule has 3 fully saturated rings. The first-order valence-electron chi connectivity index (χ1n) is 13.2. The van der Waals surface area contributed by atoms with Gasteiger partial charge in [-0.1, -0.05) is 37.1 Å². The summed E-state index contributed by atoms with van der Waals surface area (Å²) in [6, 6.07) is 14.7. The quantitative estimate of drug-likeness (QED) is 0.593. The van der Waals surface area contributed by atoms with Crippen LogP contribution in [0.1, 0.15) is 60.9 Å². The number of hydrogen-bond donors (Lipinski definition) is 1. The van der Waals surface area contributed by atoms with Gasteiger partial charge in [0.25, 0.3) is 5.91 Å². The first-order valence-corrected chi connectivity index (χ1v) is 13.2. The lowest BCUT2D eigenvalue weighted by atomic mass is 9.84. The summed E-state index contributed by atoms with van der Waals surface area (Å²) in [5, 5.41) is 3.09. The number of rotatable bonds is 8. The molecule has 1 aliphatic carbocycles. The van der Waals surface area contributed by atoms with E-state index in [2.05, 4.69) is 5.32 Å². The molecule has 192 valence electrons. The number of carbonyl (C=O) groups is 2. The summed E-state index contributed by atoms with van der Waals surface area (Å²) in [4.78, 5) is 28.8. The van der Waals surface area contributed by atoms with Crippen molar-refractivity contribution in [2.45, 2.75) is 69.7 Å². The van der Waals surface area contributed by atoms with E-state index in [-0.39, 0.29) is 24.0 Å². The molecule has 2 saturated heterocycles. The molecule has 5 rings (SSSR count). The zero-order valence-electron chi connectivity index (χ0n) is 21.0. The minimum atomic E-state index is -0.443.